The molecular formula is C22H32N4OS. The highest BCUT2D eigenvalue weighted by Crippen LogP contribution is 2.19. The SMILES string of the molecule is CCNC(=NCc1ccccc1CN1CCOCC1)NCC(C)c1cccs1. The van der Waals surface area contributed by atoms with Gasteiger partial charge in [-0.2, -0.15) is 0 Å². The molecule has 1 saturated heterocycles. The van der Waals surface area contributed by atoms with Gasteiger partial charge in [0.2, 0.25) is 0 Å². The highest BCUT2D eigenvalue weighted by molar-refractivity contribution is 7.10. The summed E-state index contributed by atoms with van der Waals surface area (Å²) in [6.45, 7) is 11.4. The summed E-state index contributed by atoms with van der Waals surface area (Å²) in [6, 6.07) is 12.9. The van der Waals surface area contributed by atoms with E-state index in [1.165, 1.54) is 16.0 Å². The molecule has 0 aliphatic carbocycles. The fraction of sp³-hybridized carbons (Fsp3) is 0.500. The van der Waals surface area contributed by atoms with Gasteiger partial charge in [0, 0.05) is 43.5 Å². The minimum Gasteiger partial charge on any atom is -0.379 e. The number of ether oxygens (including phenoxy) is 1. The van der Waals surface area contributed by atoms with Crippen LogP contribution in [0.1, 0.15) is 35.8 Å². The van der Waals surface area contributed by atoms with Crippen LogP contribution < -0.4 is 10.6 Å². The molecule has 5 nitrogen and oxygen atoms in total. The van der Waals surface area contributed by atoms with Crippen molar-refractivity contribution in [1.29, 1.82) is 0 Å². The molecule has 0 saturated carbocycles. The van der Waals surface area contributed by atoms with E-state index in [0.29, 0.717) is 12.5 Å². The lowest BCUT2D eigenvalue weighted by atomic mass is 10.1. The van der Waals surface area contributed by atoms with Crippen LogP contribution in [-0.4, -0.2) is 50.3 Å². The predicted molar refractivity (Wildman–Crippen MR) is 118 cm³/mol. The molecule has 6 heteroatoms. The first-order valence-corrected chi connectivity index (χ1v) is 11.1. The van der Waals surface area contributed by atoms with Gasteiger partial charge in [0.15, 0.2) is 5.96 Å². The van der Waals surface area contributed by atoms with Crippen molar-refractivity contribution in [3.05, 3.63) is 57.8 Å². The van der Waals surface area contributed by atoms with Crippen molar-refractivity contribution < 1.29 is 4.74 Å². The minimum absolute atomic E-state index is 0.470. The molecule has 0 spiro atoms. The topological polar surface area (TPSA) is 48.9 Å². The number of nitrogens with zero attached hydrogens (tertiary/aromatic N) is 2. The molecule has 1 atom stereocenters. The van der Waals surface area contributed by atoms with Crippen LogP contribution in [0.15, 0.2) is 46.8 Å². The normalized spacial score (nSPS) is 16.7. The molecule has 1 aliphatic heterocycles. The standard InChI is InChI=1S/C22H32N4OS/c1-3-23-22(24-15-18(2)21-9-6-14-28-21)25-16-19-7-4-5-8-20(19)17-26-10-12-27-13-11-26/h4-9,14,18H,3,10-13,15-17H2,1-2H3,(H2,23,24,25). The maximum absolute atomic E-state index is 5.47. The average molecular weight is 401 g/mol. The highest BCUT2D eigenvalue weighted by Gasteiger charge is 2.13. The summed E-state index contributed by atoms with van der Waals surface area (Å²) in [7, 11) is 0. The van der Waals surface area contributed by atoms with E-state index in [1.54, 1.807) is 0 Å². The van der Waals surface area contributed by atoms with E-state index in [9.17, 15) is 0 Å². The van der Waals surface area contributed by atoms with Gasteiger partial charge in [-0.15, -0.1) is 11.3 Å². The largest absolute Gasteiger partial charge is 0.379 e. The maximum Gasteiger partial charge on any atom is 0.191 e. The average Bonchev–Trinajstić information content (AvgIpc) is 3.27. The Hall–Kier alpha value is -1.89. The van der Waals surface area contributed by atoms with Gasteiger partial charge in [0.25, 0.3) is 0 Å². The Morgan fingerprint density at radius 3 is 2.64 bits per heavy atom. The molecule has 28 heavy (non-hydrogen) atoms. The zero-order valence-corrected chi connectivity index (χ0v) is 17.8. The van der Waals surface area contributed by atoms with E-state index in [0.717, 1.165) is 51.9 Å². The third-order valence-corrected chi connectivity index (χ3v) is 6.08. The van der Waals surface area contributed by atoms with E-state index in [4.69, 9.17) is 9.73 Å². The van der Waals surface area contributed by atoms with Crippen LogP contribution in [0.5, 0.6) is 0 Å². The van der Waals surface area contributed by atoms with Crippen LogP contribution in [0.4, 0.5) is 0 Å². The van der Waals surface area contributed by atoms with Gasteiger partial charge in [-0.1, -0.05) is 37.3 Å². The van der Waals surface area contributed by atoms with Crippen molar-refractivity contribution >= 4 is 17.3 Å². The number of rotatable bonds is 8. The summed E-state index contributed by atoms with van der Waals surface area (Å²) in [5, 5.41) is 9.00. The van der Waals surface area contributed by atoms with Gasteiger partial charge in [0.05, 0.1) is 19.8 Å². The first kappa shape index (κ1) is 20.8. The molecular weight excluding hydrogens is 368 g/mol. The predicted octanol–water partition coefficient (Wildman–Crippen LogP) is 3.44. The number of aliphatic imine (C=N–C) groups is 1. The van der Waals surface area contributed by atoms with E-state index in [-0.39, 0.29) is 0 Å². The van der Waals surface area contributed by atoms with Gasteiger partial charge in [-0.25, -0.2) is 4.99 Å². The number of morpholine rings is 1. The Morgan fingerprint density at radius 1 is 1.14 bits per heavy atom. The number of guanidine groups is 1. The Kier molecular flexibility index (Phi) is 8.33. The number of nitrogens with one attached hydrogen (secondary N) is 2. The molecule has 0 bridgehead atoms. The van der Waals surface area contributed by atoms with Crippen molar-refractivity contribution in [1.82, 2.24) is 15.5 Å². The molecule has 3 rings (SSSR count). The molecule has 2 heterocycles. The lowest BCUT2D eigenvalue weighted by Gasteiger charge is -2.27. The monoisotopic (exact) mass is 400 g/mol. The van der Waals surface area contributed by atoms with Crippen molar-refractivity contribution in [2.24, 2.45) is 4.99 Å². The third-order valence-electron chi connectivity index (χ3n) is 4.97. The Balaban J connectivity index is 1.60. The zero-order chi connectivity index (χ0) is 19.6. The van der Waals surface area contributed by atoms with Crippen LogP contribution in [0.25, 0.3) is 0 Å². The molecule has 1 fully saturated rings. The molecule has 152 valence electrons. The first-order chi connectivity index (χ1) is 13.8. The summed E-state index contributed by atoms with van der Waals surface area (Å²) in [6.07, 6.45) is 0. The Morgan fingerprint density at radius 2 is 1.93 bits per heavy atom. The van der Waals surface area contributed by atoms with Crippen molar-refractivity contribution in [3.63, 3.8) is 0 Å². The number of hydrogen-bond donors (Lipinski definition) is 2. The van der Waals surface area contributed by atoms with Crippen LogP contribution in [-0.2, 0) is 17.8 Å². The van der Waals surface area contributed by atoms with Gasteiger partial charge < -0.3 is 15.4 Å². The number of thiophene rings is 1. The zero-order valence-electron chi connectivity index (χ0n) is 17.0. The van der Waals surface area contributed by atoms with E-state index >= 15 is 0 Å². The quantitative estimate of drug-likeness (QED) is 0.526. The van der Waals surface area contributed by atoms with Gasteiger partial charge >= 0.3 is 0 Å². The van der Waals surface area contributed by atoms with Gasteiger partial charge in [-0.05, 0) is 29.5 Å². The molecule has 1 aromatic carbocycles. The lowest BCUT2D eigenvalue weighted by Crippen LogP contribution is -2.39. The highest BCUT2D eigenvalue weighted by atomic mass is 32.1. The summed E-state index contributed by atoms with van der Waals surface area (Å²) in [4.78, 5) is 8.70. The molecule has 1 aliphatic rings. The van der Waals surface area contributed by atoms with Gasteiger partial charge in [0.1, 0.15) is 0 Å². The van der Waals surface area contributed by atoms with Crippen LogP contribution in [0.2, 0.25) is 0 Å². The summed E-state index contributed by atoms with van der Waals surface area (Å²) in [5.74, 6) is 1.35. The Bertz CT molecular complexity index is 726. The van der Waals surface area contributed by atoms with Gasteiger partial charge in [-0.3, -0.25) is 4.90 Å². The van der Waals surface area contributed by atoms with E-state index in [1.807, 2.05) is 11.3 Å². The first-order valence-electron chi connectivity index (χ1n) is 10.2. The fourth-order valence-electron chi connectivity index (χ4n) is 3.29. The molecule has 1 aromatic heterocycles. The van der Waals surface area contributed by atoms with Crippen molar-refractivity contribution in [2.75, 3.05) is 39.4 Å². The summed E-state index contributed by atoms with van der Waals surface area (Å²) in [5.41, 5.74) is 2.65. The molecule has 0 amide bonds. The molecule has 0 radical (unpaired) electrons. The van der Waals surface area contributed by atoms with Crippen LogP contribution in [0.3, 0.4) is 0 Å². The van der Waals surface area contributed by atoms with E-state index in [2.05, 4.69) is 71.2 Å². The van der Waals surface area contributed by atoms with Crippen LogP contribution >= 0.6 is 11.3 Å². The minimum atomic E-state index is 0.470. The summed E-state index contributed by atoms with van der Waals surface area (Å²) < 4.78 is 5.47. The Labute approximate surface area is 172 Å². The fourth-order valence-corrected chi connectivity index (χ4v) is 4.08. The maximum atomic E-state index is 5.47. The molecule has 2 N–H and O–H groups in total. The molecule has 2 aromatic rings. The molecule has 1 unspecified atom stereocenters. The lowest BCUT2D eigenvalue weighted by molar-refractivity contribution is 0.0341. The second-order valence-electron chi connectivity index (χ2n) is 7.15. The van der Waals surface area contributed by atoms with Crippen molar-refractivity contribution in [3.8, 4) is 0 Å². The smallest absolute Gasteiger partial charge is 0.191 e. The van der Waals surface area contributed by atoms with E-state index < -0.39 is 0 Å². The second-order valence-corrected chi connectivity index (χ2v) is 8.13. The van der Waals surface area contributed by atoms with Crippen LogP contribution in [0, 0.1) is 0 Å². The second kappa shape index (κ2) is 11.2. The number of benzene rings is 1. The third kappa shape index (κ3) is 6.33. The summed E-state index contributed by atoms with van der Waals surface area (Å²) >= 11 is 1.81. The van der Waals surface area contributed by atoms with Crippen molar-refractivity contribution in [2.45, 2.75) is 32.9 Å². The number of hydrogen-bond acceptors (Lipinski definition) is 4.